The predicted molar refractivity (Wildman–Crippen MR) is 101 cm³/mol. The number of nitrogens with zero attached hydrogens (tertiary/aromatic N) is 4. The fourth-order valence-electron chi connectivity index (χ4n) is 2.50. The number of ether oxygens (including phenoxy) is 1. The third kappa shape index (κ3) is 3.01. The van der Waals surface area contributed by atoms with Crippen LogP contribution in [0.4, 0.5) is 0 Å². The third-order valence-electron chi connectivity index (χ3n) is 3.79. The number of thioether (sulfide) groups is 1. The normalized spacial score (nSPS) is 13.3. The Balaban J connectivity index is 1.78. The van der Waals surface area contributed by atoms with Gasteiger partial charge in [0.15, 0.2) is 5.82 Å². The molecule has 1 aromatic heterocycles. The van der Waals surface area contributed by atoms with Crippen molar-refractivity contribution in [1.29, 1.82) is 0 Å². The number of hydrogen-bond acceptors (Lipinski definition) is 5. The van der Waals surface area contributed by atoms with E-state index in [1.165, 1.54) is 0 Å². The van der Waals surface area contributed by atoms with Crippen molar-refractivity contribution in [3.05, 3.63) is 58.1 Å². The molecular weight excluding hydrogens is 379 g/mol. The van der Waals surface area contributed by atoms with Gasteiger partial charge in [-0.3, -0.25) is 0 Å². The molecule has 1 aliphatic heterocycles. The highest BCUT2D eigenvalue weighted by atomic mass is 35.5. The van der Waals surface area contributed by atoms with Gasteiger partial charge in [-0.25, -0.2) is 0 Å². The van der Waals surface area contributed by atoms with Crippen LogP contribution >= 0.6 is 35.0 Å². The molecule has 0 saturated heterocycles. The van der Waals surface area contributed by atoms with Crippen LogP contribution in [0, 0.1) is 0 Å². The molecule has 0 radical (unpaired) electrons. The van der Waals surface area contributed by atoms with Crippen molar-refractivity contribution in [1.82, 2.24) is 14.9 Å². The number of benzene rings is 2. The second-order valence-electron chi connectivity index (χ2n) is 5.28. The Morgan fingerprint density at radius 2 is 1.88 bits per heavy atom. The first-order valence-electron chi connectivity index (χ1n) is 7.42. The quantitative estimate of drug-likeness (QED) is 0.654. The van der Waals surface area contributed by atoms with E-state index < -0.39 is 0 Å². The fourth-order valence-corrected chi connectivity index (χ4v) is 3.72. The van der Waals surface area contributed by atoms with E-state index >= 15 is 0 Å². The highest BCUT2D eigenvalue weighted by molar-refractivity contribution is 7.99. The van der Waals surface area contributed by atoms with Gasteiger partial charge in [-0.2, -0.15) is 9.78 Å². The van der Waals surface area contributed by atoms with E-state index in [1.807, 2.05) is 36.4 Å². The van der Waals surface area contributed by atoms with Crippen LogP contribution in [0.15, 0.2) is 52.7 Å². The Morgan fingerprint density at radius 3 is 2.64 bits per heavy atom. The molecule has 0 amide bonds. The molecule has 2 heterocycles. The maximum atomic E-state index is 6.33. The molecule has 5 nitrogen and oxygen atoms in total. The Bertz CT molecular complexity index is 969. The highest BCUT2D eigenvalue weighted by Gasteiger charge is 2.22. The summed E-state index contributed by atoms with van der Waals surface area (Å²) in [4.78, 5) is 0. The minimum absolute atomic E-state index is 0.441. The summed E-state index contributed by atoms with van der Waals surface area (Å²) in [7, 11) is 1.65. The van der Waals surface area contributed by atoms with Crippen molar-refractivity contribution in [3.8, 4) is 17.1 Å². The second-order valence-corrected chi connectivity index (χ2v) is 7.01. The lowest BCUT2D eigenvalue weighted by Gasteiger charge is -2.14. The number of aromatic nitrogens is 3. The lowest BCUT2D eigenvalue weighted by atomic mass is 10.1. The van der Waals surface area contributed by atoms with Gasteiger partial charge in [0.25, 0.3) is 0 Å². The lowest BCUT2D eigenvalue weighted by molar-refractivity contribution is 0.415. The fraction of sp³-hybridized carbons (Fsp3) is 0.118. The van der Waals surface area contributed by atoms with E-state index in [4.69, 9.17) is 33.0 Å². The van der Waals surface area contributed by atoms with Gasteiger partial charge >= 0.3 is 0 Å². The molecule has 2 aromatic carbocycles. The summed E-state index contributed by atoms with van der Waals surface area (Å²) in [6.45, 7) is 0. The van der Waals surface area contributed by atoms with Gasteiger partial charge in [0.1, 0.15) is 5.75 Å². The smallest absolute Gasteiger partial charge is 0.212 e. The molecule has 3 aromatic rings. The maximum absolute atomic E-state index is 6.33. The van der Waals surface area contributed by atoms with Crippen molar-refractivity contribution in [2.24, 2.45) is 5.10 Å². The lowest BCUT2D eigenvalue weighted by Crippen LogP contribution is -2.13. The summed E-state index contributed by atoms with van der Waals surface area (Å²) in [6, 6.07) is 13.2. The first-order chi connectivity index (χ1) is 12.2. The van der Waals surface area contributed by atoms with Crippen LogP contribution in [0.5, 0.6) is 5.75 Å². The van der Waals surface area contributed by atoms with Gasteiger partial charge in [-0.05, 0) is 42.0 Å². The zero-order chi connectivity index (χ0) is 17.4. The van der Waals surface area contributed by atoms with Gasteiger partial charge in [0.2, 0.25) is 5.16 Å². The second kappa shape index (κ2) is 6.71. The molecular formula is C17H12Cl2N4OS. The zero-order valence-electron chi connectivity index (χ0n) is 13.1. The van der Waals surface area contributed by atoms with E-state index in [2.05, 4.69) is 10.2 Å². The van der Waals surface area contributed by atoms with E-state index in [1.54, 1.807) is 29.6 Å². The van der Waals surface area contributed by atoms with Crippen LogP contribution in [0.1, 0.15) is 5.56 Å². The van der Waals surface area contributed by atoms with E-state index in [0.717, 1.165) is 22.2 Å². The predicted octanol–water partition coefficient (Wildman–Crippen LogP) is 4.62. The van der Waals surface area contributed by atoms with Gasteiger partial charge in [0.05, 0.1) is 22.9 Å². The molecule has 0 unspecified atom stereocenters. The van der Waals surface area contributed by atoms with E-state index in [0.29, 0.717) is 27.2 Å². The third-order valence-corrected chi connectivity index (χ3v) is 5.54. The number of hydrogen-bond donors (Lipinski definition) is 0. The molecule has 0 atom stereocenters. The number of methoxy groups -OCH3 is 1. The van der Waals surface area contributed by atoms with Crippen molar-refractivity contribution < 1.29 is 4.74 Å². The monoisotopic (exact) mass is 390 g/mol. The van der Waals surface area contributed by atoms with E-state index in [-0.39, 0.29) is 0 Å². The van der Waals surface area contributed by atoms with Crippen LogP contribution in [-0.2, 0) is 0 Å². The Labute approximate surface area is 158 Å². The first-order valence-corrected chi connectivity index (χ1v) is 9.16. The average molecular weight is 391 g/mol. The van der Waals surface area contributed by atoms with Crippen molar-refractivity contribution in [2.75, 3.05) is 12.9 Å². The van der Waals surface area contributed by atoms with Gasteiger partial charge < -0.3 is 4.74 Å². The van der Waals surface area contributed by atoms with Gasteiger partial charge in [-0.15, -0.1) is 10.2 Å². The van der Waals surface area contributed by atoms with Crippen LogP contribution < -0.4 is 4.74 Å². The zero-order valence-corrected chi connectivity index (χ0v) is 15.4. The minimum atomic E-state index is 0.441. The van der Waals surface area contributed by atoms with Gasteiger partial charge in [-0.1, -0.05) is 41.0 Å². The van der Waals surface area contributed by atoms with Crippen LogP contribution in [0.3, 0.4) is 0 Å². The Kier molecular flexibility index (Phi) is 4.41. The summed E-state index contributed by atoms with van der Waals surface area (Å²) < 4.78 is 6.92. The summed E-state index contributed by atoms with van der Waals surface area (Å²) in [5.74, 6) is 2.10. The molecule has 0 spiro atoms. The maximum Gasteiger partial charge on any atom is 0.212 e. The summed E-state index contributed by atoms with van der Waals surface area (Å²) >= 11 is 14.0. The van der Waals surface area contributed by atoms with Crippen LogP contribution in [0.25, 0.3) is 11.4 Å². The minimum Gasteiger partial charge on any atom is -0.497 e. The van der Waals surface area contributed by atoms with E-state index in [9.17, 15) is 0 Å². The Hall–Kier alpha value is -2.02. The SMILES string of the molecule is COc1ccc(C2=Nn3c(nnc3-c3cccc(Cl)c3Cl)SC2)cc1. The molecule has 0 N–H and O–H groups in total. The number of fused-ring (bicyclic) bond motifs is 1. The van der Waals surface area contributed by atoms with Gasteiger partial charge in [0, 0.05) is 11.3 Å². The van der Waals surface area contributed by atoms with Crippen LogP contribution in [0.2, 0.25) is 10.0 Å². The molecule has 8 heteroatoms. The highest BCUT2D eigenvalue weighted by Crippen LogP contribution is 2.35. The summed E-state index contributed by atoms with van der Waals surface area (Å²) in [5, 5.41) is 14.8. The average Bonchev–Trinajstić information content (AvgIpc) is 3.07. The number of halogens is 2. The van der Waals surface area contributed by atoms with Crippen LogP contribution in [-0.4, -0.2) is 33.4 Å². The van der Waals surface area contributed by atoms with Crippen molar-refractivity contribution >= 4 is 40.7 Å². The molecule has 4 rings (SSSR count). The van der Waals surface area contributed by atoms with Crippen molar-refractivity contribution in [2.45, 2.75) is 5.16 Å². The van der Waals surface area contributed by atoms with Crippen molar-refractivity contribution in [3.63, 3.8) is 0 Å². The first kappa shape index (κ1) is 16.4. The number of rotatable bonds is 3. The molecule has 1 aliphatic rings. The molecule has 0 aliphatic carbocycles. The molecule has 0 saturated carbocycles. The topological polar surface area (TPSA) is 52.3 Å². The Morgan fingerprint density at radius 1 is 1.08 bits per heavy atom. The molecule has 0 bridgehead atoms. The summed E-state index contributed by atoms with van der Waals surface area (Å²) in [5.41, 5.74) is 2.66. The largest absolute Gasteiger partial charge is 0.497 e. The standard InChI is InChI=1S/C17H12Cl2N4OS/c1-24-11-7-5-10(6-8-11)14-9-25-17-21-20-16(23(17)22-14)12-3-2-4-13(18)15(12)19/h2-8H,9H2,1H3. The molecule has 25 heavy (non-hydrogen) atoms. The molecule has 126 valence electrons. The molecule has 0 fully saturated rings. The summed E-state index contributed by atoms with van der Waals surface area (Å²) in [6.07, 6.45) is 0.